The van der Waals surface area contributed by atoms with Gasteiger partial charge >= 0.3 is 0 Å². The standard InChI is InChI=1S/C19H20N2OS/c1-2-12-21(18(22)13-15-8-6-7-9-15)19-20-17(14-23-19)16-10-4-3-5-11-16/h2-6,8,10-11,14-15H,1,7,9,12-13H2. The van der Waals surface area contributed by atoms with E-state index in [2.05, 4.69) is 23.7 Å². The molecule has 0 saturated carbocycles. The summed E-state index contributed by atoms with van der Waals surface area (Å²) < 4.78 is 0. The van der Waals surface area contributed by atoms with Crippen molar-refractivity contribution >= 4 is 22.4 Å². The second-order valence-electron chi connectivity index (χ2n) is 5.64. The summed E-state index contributed by atoms with van der Waals surface area (Å²) in [5.41, 5.74) is 1.98. The maximum atomic E-state index is 12.6. The molecule has 0 N–H and O–H groups in total. The molecule has 0 spiro atoms. The fourth-order valence-electron chi connectivity index (χ4n) is 2.75. The van der Waals surface area contributed by atoms with Crippen LogP contribution in [-0.4, -0.2) is 17.4 Å². The fourth-order valence-corrected chi connectivity index (χ4v) is 3.61. The van der Waals surface area contributed by atoms with Crippen molar-refractivity contribution in [2.24, 2.45) is 5.92 Å². The highest BCUT2D eigenvalue weighted by molar-refractivity contribution is 7.14. The van der Waals surface area contributed by atoms with Crippen molar-refractivity contribution < 1.29 is 4.79 Å². The van der Waals surface area contributed by atoms with Crippen LogP contribution in [0.1, 0.15) is 19.3 Å². The van der Waals surface area contributed by atoms with Gasteiger partial charge < -0.3 is 0 Å². The van der Waals surface area contributed by atoms with Gasteiger partial charge in [0.25, 0.3) is 0 Å². The number of carbonyl (C=O) groups excluding carboxylic acids is 1. The van der Waals surface area contributed by atoms with E-state index >= 15 is 0 Å². The highest BCUT2D eigenvalue weighted by Gasteiger charge is 2.22. The Morgan fingerprint density at radius 3 is 2.91 bits per heavy atom. The van der Waals surface area contributed by atoms with E-state index in [1.165, 1.54) is 11.3 Å². The number of aromatic nitrogens is 1. The summed E-state index contributed by atoms with van der Waals surface area (Å²) >= 11 is 1.51. The molecule has 1 aliphatic rings. The second-order valence-corrected chi connectivity index (χ2v) is 6.48. The lowest BCUT2D eigenvalue weighted by molar-refractivity contribution is -0.119. The summed E-state index contributed by atoms with van der Waals surface area (Å²) in [5.74, 6) is 0.485. The molecule has 0 bridgehead atoms. The Morgan fingerprint density at radius 1 is 1.39 bits per heavy atom. The minimum atomic E-state index is 0.121. The van der Waals surface area contributed by atoms with Crippen LogP contribution in [0, 0.1) is 5.92 Å². The van der Waals surface area contributed by atoms with Crippen LogP contribution in [0.2, 0.25) is 0 Å². The van der Waals surface area contributed by atoms with Crippen molar-refractivity contribution in [3.63, 3.8) is 0 Å². The molecule has 1 atom stereocenters. The lowest BCUT2D eigenvalue weighted by atomic mass is 10.0. The van der Waals surface area contributed by atoms with E-state index in [1.807, 2.05) is 35.7 Å². The molecule has 118 valence electrons. The molecular weight excluding hydrogens is 304 g/mol. The first-order valence-electron chi connectivity index (χ1n) is 7.87. The maximum absolute atomic E-state index is 12.6. The van der Waals surface area contributed by atoms with E-state index in [0.29, 0.717) is 18.9 Å². The average molecular weight is 324 g/mol. The van der Waals surface area contributed by atoms with Gasteiger partial charge in [-0.05, 0) is 18.8 Å². The first-order valence-corrected chi connectivity index (χ1v) is 8.75. The quantitative estimate of drug-likeness (QED) is 0.723. The van der Waals surface area contributed by atoms with E-state index in [0.717, 1.165) is 29.2 Å². The van der Waals surface area contributed by atoms with Crippen LogP contribution in [0.15, 0.2) is 60.5 Å². The maximum Gasteiger partial charge on any atom is 0.229 e. The minimum absolute atomic E-state index is 0.121. The van der Waals surface area contributed by atoms with Gasteiger partial charge in [-0.25, -0.2) is 4.98 Å². The fraction of sp³-hybridized carbons (Fsp3) is 0.263. The Balaban J connectivity index is 1.78. The van der Waals surface area contributed by atoms with Gasteiger partial charge in [0, 0.05) is 23.9 Å². The van der Waals surface area contributed by atoms with E-state index in [9.17, 15) is 4.79 Å². The Labute approximate surface area is 141 Å². The van der Waals surface area contributed by atoms with Crippen LogP contribution >= 0.6 is 11.3 Å². The van der Waals surface area contributed by atoms with Gasteiger partial charge in [0.15, 0.2) is 5.13 Å². The summed E-state index contributed by atoms with van der Waals surface area (Å²) in [5, 5.41) is 2.75. The number of anilines is 1. The predicted octanol–water partition coefficient (Wildman–Crippen LogP) is 4.69. The first-order chi connectivity index (χ1) is 11.3. The van der Waals surface area contributed by atoms with Gasteiger partial charge in [-0.15, -0.1) is 17.9 Å². The van der Waals surface area contributed by atoms with Crippen molar-refractivity contribution in [1.29, 1.82) is 0 Å². The zero-order valence-corrected chi connectivity index (χ0v) is 13.8. The van der Waals surface area contributed by atoms with Gasteiger partial charge in [0.1, 0.15) is 0 Å². The third-order valence-corrected chi connectivity index (χ3v) is 4.82. The summed E-state index contributed by atoms with van der Waals surface area (Å²) in [6, 6.07) is 10.0. The van der Waals surface area contributed by atoms with E-state index in [4.69, 9.17) is 0 Å². The van der Waals surface area contributed by atoms with Gasteiger partial charge in [0.05, 0.1) is 5.69 Å². The summed E-state index contributed by atoms with van der Waals surface area (Å²) in [7, 11) is 0. The van der Waals surface area contributed by atoms with Crippen molar-refractivity contribution in [3.05, 3.63) is 60.5 Å². The molecule has 1 unspecified atom stereocenters. The summed E-state index contributed by atoms with van der Waals surface area (Å²) in [6.07, 6.45) is 8.76. The molecule has 0 aliphatic heterocycles. The number of allylic oxidation sites excluding steroid dienone is 2. The Bertz CT molecular complexity index is 705. The van der Waals surface area contributed by atoms with Crippen molar-refractivity contribution in [3.8, 4) is 11.3 Å². The third-order valence-electron chi connectivity index (χ3n) is 3.95. The molecule has 2 aromatic rings. The number of hydrogen-bond donors (Lipinski definition) is 0. The molecule has 1 aromatic carbocycles. The van der Waals surface area contributed by atoms with Crippen LogP contribution in [0.3, 0.4) is 0 Å². The normalized spacial score (nSPS) is 16.4. The van der Waals surface area contributed by atoms with Crippen LogP contribution in [-0.2, 0) is 4.79 Å². The van der Waals surface area contributed by atoms with E-state index in [-0.39, 0.29) is 5.91 Å². The molecule has 1 aliphatic carbocycles. The van der Waals surface area contributed by atoms with Crippen molar-refractivity contribution in [2.75, 3.05) is 11.4 Å². The second kappa shape index (κ2) is 7.38. The van der Waals surface area contributed by atoms with E-state index < -0.39 is 0 Å². The molecule has 1 heterocycles. The molecule has 3 nitrogen and oxygen atoms in total. The molecule has 23 heavy (non-hydrogen) atoms. The monoisotopic (exact) mass is 324 g/mol. The number of benzene rings is 1. The number of thiazole rings is 1. The van der Waals surface area contributed by atoms with Gasteiger partial charge in [-0.2, -0.15) is 0 Å². The SMILES string of the molecule is C=CCN(C(=O)CC1C=CCC1)c1nc(-c2ccccc2)cs1. The lowest BCUT2D eigenvalue weighted by Gasteiger charge is -2.19. The molecule has 0 radical (unpaired) electrons. The van der Waals surface area contributed by atoms with Gasteiger partial charge in [-0.1, -0.05) is 48.6 Å². The molecular formula is C19H20N2OS. The molecule has 0 saturated heterocycles. The third kappa shape index (κ3) is 3.77. The zero-order chi connectivity index (χ0) is 16.1. The molecule has 4 heteroatoms. The topological polar surface area (TPSA) is 33.2 Å². The Kier molecular flexibility index (Phi) is 5.03. The van der Waals surface area contributed by atoms with Crippen LogP contribution in [0.25, 0.3) is 11.3 Å². The van der Waals surface area contributed by atoms with E-state index in [1.54, 1.807) is 11.0 Å². The molecule has 1 aromatic heterocycles. The van der Waals surface area contributed by atoms with Crippen LogP contribution in [0.4, 0.5) is 5.13 Å². The molecule has 1 amide bonds. The number of carbonyl (C=O) groups is 1. The van der Waals surface area contributed by atoms with Gasteiger partial charge in [-0.3, -0.25) is 9.69 Å². The number of hydrogen-bond acceptors (Lipinski definition) is 3. The lowest BCUT2D eigenvalue weighted by Crippen LogP contribution is -2.32. The Morgan fingerprint density at radius 2 is 2.22 bits per heavy atom. The number of rotatable bonds is 6. The minimum Gasteiger partial charge on any atom is -0.284 e. The highest BCUT2D eigenvalue weighted by atomic mass is 32.1. The number of nitrogens with zero attached hydrogens (tertiary/aromatic N) is 2. The average Bonchev–Trinajstić information content (AvgIpc) is 3.25. The summed E-state index contributed by atoms with van der Waals surface area (Å²) in [6.45, 7) is 4.27. The predicted molar refractivity (Wildman–Crippen MR) is 96.6 cm³/mol. The smallest absolute Gasteiger partial charge is 0.229 e. The number of amides is 1. The highest BCUT2D eigenvalue weighted by Crippen LogP contribution is 2.29. The molecule has 0 fully saturated rings. The first kappa shape index (κ1) is 15.7. The summed E-state index contributed by atoms with van der Waals surface area (Å²) in [4.78, 5) is 19.0. The van der Waals surface area contributed by atoms with Crippen molar-refractivity contribution in [1.82, 2.24) is 4.98 Å². The largest absolute Gasteiger partial charge is 0.284 e. The molecule has 3 rings (SSSR count). The van der Waals surface area contributed by atoms with Crippen LogP contribution in [0.5, 0.6) is 0 Å². The zero-order valence-electron chi connectivity index (χ0n) is 13.0. The van der Waals surface area contributed by atoms with Crippen LogP contribution < -0.4 is 4.90 Å². The van der Waals surface area contributed by atoms with Crippen molar-refractivity contribution in [2.45, 2.75) is 19.3 Å². The Hall–Kier alpha value is -2.20. The van der Waals surface area contributed by atoms with Gasteiger partial charge in [0.2, 0.25) is 5.91 Å².